The Morgan fingerprint density at radius 2 is 1.61 bits per heavy atom. The van der Waals surface area contributed by atoms with E-state index in [4.69, 9.17) is 0 Å². The van der Waals surface area contributed by atoms with Crippen LogP contribution in [0.4, 0.5) is 0 Å². The van der Waals surface area contributed by atoms with Crippen LogP contribution in [0.1, 0.15) is 5.56 Å². The molecule has 5 rings (SSSR count). The Bertz CT molecular complexity index is 428. The van der Waals surface area contributed by atoms with Crippen LogP contribution in [0.3, 0.4) is 0 Å². The van der Waals surface area contributed by atoms with E-state index in [9.17, 15) is 0 Å². The van der Waals surface area contributed by atoms with Crippen molar-refractivity contribution in [2.24, 2.45) is 5.92 Å². The Kier molecular flexibility index (Phi) is 2.31. The molecular formula is C15H24N3+3. The first-order valence-corrected chi connectivity index (χ1v) is 7.34. The van der Waals surface area contributed by atoms with Gasteiger partial charge in [-0.25, -0.2) is 0 Å². The molecule has 18 heavy (non-hydrogen) atoms. The van der Waals surface area contributed by atoms with Gasteiger partial charge in [-0.2, -0.15) is 0 Å². The molecule has 0 saturated carbocycles. The maximum atomic E-state index is 4.60. The topological polar surface area (TPSA) is 36.5 Å². The molecule has 4 bridgehead atoms. The first-order valence-electron chi connectivity index (χ1n) is 7.34. The van der Waals surface area contributed by atoms with E-state index in [1.54, 1.807) is 5.56 Å². The molecule has 0 aromatic heterocycles. The second-order valence-corrected chi connectivity index (χ2v) is 6.65. The SMILES string of the molecule is [NH3+][C@H]1C2C[NH+]3CC[NH+](C2)CC1(c1ccccc1)C3. The van der Waals surface area contributed by atoms with Crippen LogP contribution in [0.15, 0.2) is 30.3 Å². The minimum absolute atomic E-state index is 0.351. The van der Waals surface area contributed by atoms with Gasteiger partial charge >= 0.3 is 0 Å². The number of quaternary nitrogens is 3. The van der Waals surface area contributed by atoms with Crippen molar-refractivity contribution in [1.29, 1.82) is 0 Å². The van der Waals surface area contributed by atoms with Crippen LogP contribution >= 0.6 is 0 Å². The van der Waals surface area contributed by atoms with Crippen LogP contribution < -0.4 is 15.5 Å². The van der Waals surface area contributed by atoms with Gasteiger partial charge < -0.3 is 15.5 Å². The van der Waals surface area contributed by atoms with Crippen LogP contribution in [0.2, 0.25) is 0 Å². The Labute approximate surface area is 109 Å². The maximum Gasteiger partial charge on any atom is 0.145 e. The third-order valence-corrected chi connectivity index (χ3v) is 5.69. The molecule has 4 fully saturated rings. The van der Waals surface area contributed by atoms with E-state index in [0.717, 1.165) is 5.92 Å². The average Bonchev–Trinajstić information content (AvgIpc) is 2.65. The fraction of sp³-hybridized carbons (Fsp3) is 0.600. The highest BCUT2D eigenvalue weighted by Gasteiger charge is 2.61. The maximum absolute atomic E-state index is 4.60. The molecule has 0 spiro atoms. The van der Waals surface area contributed by atoms with E-state index in [-0.39, 0.29) is 0 Å². The normalized spacial score (nSPS) is 46.1. The summed E-state index contributed by atoms with van der Waals surface area (Å²) < 4.78 is 0. The third-order valence-electron chi connectivity index (χ3n) is 5.69. The van der Waals surface area contributed by atoms with E-state index >= 15 is 0 Å². The predicted molar refractivity (Wildman–Crippen MR) is 69.4 cm³/mol. The van der Waals surface area contributed by atoms with Crippen molar-refractivity contribution in [1.82, 2.24) is 0 Å². The first kappa shape index (κ1) is 11.0. The van der Waals surface area contributed by atoms with Gasteiger partial charge in [0.2, 0.25) is 0 Å². The van der Waals surface area contributed by atoms with Crippen molar-refractivity contribution in [2.75, 3.05) is 39.3 Å². The smallest absolute Gasteiger partial charge is 0.145 e. The average molecular weight is 246 g/mol. The summed E-state index contributed by atoms with van der Waals surface area (Å²) in [5.74, 6) is 0.834. The lowest BCUT2D eigenvalue weighted by atomic mass is 9.65. The van der Waals surface area contributed by atoms with Gasteiger partial charge in [0.1, 0.15) is 30.5 Å². The van der Waals surface area contributed by atoms with Gasteiger partial charge in [0.15, 0.2) is 0 Å². The number of nitrogens with one attached hydrogen (secondary N) is 2. The van der Waals surface area contributed by atoms with Crippen molar-refractivity contribution in [3.05, 3.63) is 35.9 Å². The number of benzene rings is 1. The summed E-state index contributed by atoms with van der Waals surface area (Å²) in [6.45, 7) is 8.09. The van der Waals surface area contributed by atoms with E-state index < -0.39 is 0 Å². The number of fused-ring (bicyclic) bond motifs is 1. The van der Waals surface area contributed by atoms with Gasteiger partial charge in [-0.15, -0.1) is 0 Å². The van der Waals surface area contributed by atoms with Crippen molar-refractivity contribution in [3.8, 4) is 0 Å². The van der Waals surface area contributed by atoms with E-state index in [0.29, 0.717) is 11.5 Å². The van der Waals surface area contributed by atoms with Gasteiger partial charge in [-0.05, 0) is 5.56 Å². The van der Waals surface area contributed by atoms with Gasteiger partial charge in [-0.3, -0.25) is 0 Å². The first-order chi connectivity index (χ1) is 8.78. The highest BCUT2D eigenvalue weighted by Crippen LogP contribution is 2.31. The van der Waals surface area contributed by atoms with Crippen LogP contribution in [0, 0.1) is 5.92 Å². The molecule has 4 saturated heterocycles. The van der Waals surface area contributed by atoms with E-state index in [2.05, 4.69) is 36.1 Å². The third kappa shape index (κ3) is 1.41. The van der Waals surface area contributed by atoms with Gasteiger partial charge in [-0.1, -0.05) is 30.3 Å². The lowest BCUT2D eigenvalue weighted by molar-refractivity contribution is -0.918. The number of rotatable bonds is 1. The minimum Gasteiger partial charge on any atom is -0.353 e. The molecule has 4 aliphatic rings. The molecule has 5 N–H and O–H groups in total. The largest absolute Gasteiger partial charge is 0.353 e. The van der Waals surface area contributed by atoms with Gasteiger partial charge in [0.05, 0.1) is 26.2 Å². The molecule has 0 amide bonds. The second-order valence-electron chi connectivity index (χ2n) is 6.65. The van der Waals surface area contributed by atoms with Crippen molar-refractivity contribution < 1.29 is 15.5 Å². The summed E-state index contributed by atoms with van der Waals surface area (Å²) in [7, 11) is 0. The summed E-state index contributed by atoms with van der Waals surface area (Å²) in [4.78, 5) is 3.66. The van der Waals surface area contributed by atoms with Crippen LogP contribution in [0.25, 0.3) is 0 Å². The molecule has 3 heteroatoms. The predicted octanol–water partition coefficient (Wildman–Crippen LogP) is -3.04. The fourth-order valence-electron chi connectivity index (χ4n) is 4.83. The Hall–Kier alpha value is -0.900. The molecule has 1 aromatic carbocycles. The number of hydrogen-bond donors (Lipinski definition) is 3. The highest BCUT2D eigenvalue weighted by molar-refractivity contribution is 5.29. The monoisotopic (exact) mass is 246 g/mol. The molecule has 4 heterocycles. The lowest BCUT2D eigenvalue weighted by Crippen LogP contribution is -3.19. The summed E-state index contributed by atoms with van der Waals surface area (Å²) in [5.41, 5.74) is 6.50. The number of hydrogen-bond acceptors (Lipinski definition) is 0. The zero-order valence-corrected chi connectivity index (χ0v) is 11.0. The zero-order valence-electron chi connectivity index (χ0n) is 11.0. The zero-order chi connectivity index (χ0) is 12.2. The molecule has 0 radical (unpaired) electrons. The fourth-order valence-corrected chi connectivity index (χ4v) is 4.83. The quantitative estimate of drug-likeness (QED) is 0.471. The molecule has 0 aliphatic carbocycles. The van der Waals surface area contributed by atoms with Crippen molar-refractivity contribution in [3.63, 3.8) is 0 Å². The van der Waals surface area contributed by atoms with Crippen molar-refractivity contribution >= 4 is 0 Å². The van der Waals surface area contributed by atoms with Crippen molar-refractivity contribution in [2.45, 2.75) is 11.5 Å². The summed E-state index contributed by atoms with van der Waals surface area (Å²) in [6.07, 6.45) is 0. The van der Waals surface area contributed by atoms with Crippen LogP contribution in [-0.4, -0.2) is 45.3 Å². The number of piperidine rings is 2. The molecule has 3 nitrogen and oxygen atoms in total. The molecule has 2 unspecified atom stereocenters. The summed E-state index contributed by atoms with van der Waals surface area (Å²) >= 11 is 0. The van der Waals surface area contributed by atoms with E-state index in [1.807, 2.05) is 9.80 Å². The van der Waals surface area contributed by atoms with Gasteiger partial charge in [0, 0.05) is 0 Å². The lowest BCUT2D eigenvalue weighted by Gasteiger charge is -2.47. The summed E-state index contributed by atoms with van der Waals surface area (Å²) in [6, 6.07) is 11.8. The Balaban J connectivity index is 1.83. The minimum atomic E-state index is 0.351. The van der Waals surface area contributed by atoms with E-state index in [1.165, 1.54) is 39.3 Å². The molecule has 3 atom stereocenters. The van der Waals surface area contributed by atoms with Crippen LogP contribution in [-0.2, 0) is 5.41 Å². The molecular weight excluding hydrogens is 222 g/mol. The molecule has 4 aliphatic heterocycles. The molecule has 96 valence electrons. The Morgan fingerprint density at radius 3 is 2.22 bits per heavy atom. The molecule has 1 aromatic rings. The highest BCUT2D eigenvalue weighted by atomic mass is 15.3. The summed E-state index contributed by atoms with van der Waals surface area (Å²) in [5, 5.41) is 0. The Morgan fingerprint density at radius 1 is 1.00 bits per heavy atom. The van der Waals surface area contributed by atoms with Crippen LogP contribution in [0.5, 0.6) is 0 Å². The second kappa shape index (κ2) is 3.80. The van der Waals surface area contributed by atoms with Gasteiger partial charge in [0.25, 0.3) is 0 Å². The standard InChI is InChI=1S/C15H21N3/c16-14-12-8-17-6-7-18(9-12)11-15(14,10-17)13-4-2-1-3-5-13/h1-5,12,14H,6-11,16H2/p+3/t12?,14-,15?/m0/s1.